The first kappa shape index (κ1) is 14.4. The summed E-state index contributed by atoms with van der Waals surface area (Å²) in [7, 11) is 0. The third-order valence-corrected chi connectivity index (χ3v) is 3.25. The predicted molar refractivity (Wildman–Crippen MR) is 77.1 cm³/mol. The molecule has 3 rings (SSSR count). The molecule has 0 saturated heterocycles. The van der Waals surface area contributed by atoms with E-state index < -0.39 is 12.6 Å². The van der Waals surface area contributed by atoms with E-state index >= 15 is 0 Å². The Bertz CT molecular complexity index is 794. The zero-order valence-electron chi connectivity index (χ0n) is 11.5. The van der Waals surface area contributed by atoms with E-state index in [4.69, 9.17) is 0 Å². The second-order valence-corrected chi connectivity index (χ2v) is 4.87. The molecular weight excluding hydrogens is 291 g/mol. The van der Waals surface area contributed by atoms with Crippen LogP contribution in [-0.4, -0.2) is 21.1 Å². The van der Waals surface area contributed by atoms with E-state index in [1.54, 1.807) is 6.20 Å². The molecule has 0 fully saturated rings. The average molecular weight is 303 g/mol. The third-order valence-electron chi connectivity index (χ3n) is 3.25. The minimum atomic E-state index is -4.19. The molecule has 22 heavy (non-hydrogen) atoms. The highest BCUT2D eigenvalue weighted by Crippen LogP contribution is 2.25. The first-order valence-electron chi connectivity index (χ1n) is 6.76. The summed E-state index contributed by atoms with van der Waals surface area (Å²) in [6.07, 6.45) is -2.09. The van der Waals surface area contributed by atoms with Crippen LogP contribution in [0.5, 0.6) is 0 Å². The Balaban J connectivity index is 1.97. The fraction of sp³-hybridized carbons (Fsp3) is 0.188. The first-order valence-corrected chi connectivity index (χ1v) is 6.76. The van der Waals surface area contributed by atoms with E-state index in [9.17, 15) is 13.2 Å². The summed E-state index contributed by atoms with van der Waals surface area (Å²) in [5, 5.41) is 0.935. The highest BCUT2D eigenvalue weighted by molar-refractivity contribution is 5.91. The van der Waals surface area contributed by atoms with Gasteiger partial charge >= 0.3 is 6.18 Å². The normalized spacial score (nSPS) is 11.8. The van der Waals surface area contributed by atoms with Gasteiger partial charge in [0.05, 0.1) is 5.52 Å². The van der Waals surface area contributed by atoms with Crippen molar-refractivity contribution in [2.45, 2.75) is 19.0 Å². The minimum absolute atomic E-state index is 0.156. The molecule has 0 atom stereocenters. The Morgan fingerprint density at radius 1 is 0.909 bits per heavy atom. The van der Waals surface area contributed by atoms with E-state index in [0.717, 1.165) is 10.9 Å². The maximum atomic E-state index is 12.3. The molecular formula is C16H12F3N3. The molecule has 0 aliphatic rings. The summed E-state index contributed by atoms with van der Waals surface area (Å²) in [6, 6.07) is 10.8. The van der Waals surface area contributed by atoms with Crippen molar-refractivity contribution < 1.29 is 13.2 Å². The fourth-order valence-electron chi connectivity index (χ4n) is 2.22. The maximum Gasteiger partial charge on any atom is 0.389 e. The summed E-state index contributed by atoms with van der Waals surface area (Å²) in [4.78, 5) is 12.7. The van der Waals surface area contributed by atoms with Gasteiger partial charge in [-0.15, -0.1) is 0 Å². The zero-order valence-corrected chi connectivity index (χ0v) is 11.5. The van der Waals surface area contributed by atoms with Gasteiger partial charge in [-0.2, -0.15) is 13.2 Å². The molecule has 0 radical (unpaired) electrons. The van der Waals surface area contributed by atoms with Crippen LogP contribution in [0, 0.1) is 0 Å². The van der Waals surface area contributed by atoms with Crippen molar-refractivity contribution in [3.05, 3.63) is 54.5 Å². The second kappa shape index (κ2) is 5.71. The van der Waals surface area contributed by atoms with Crippen LogP contribution in [0.25, 0.3) is 22.3 Å². The number of hydrogen-bond acceptors (Lipinski definition) is 3. The largest absolute Gasteiger partial charge is 0.389 e. The number of aromatic nitrogens is 3. The minimum Gasteiger partial charge on any atom is -0.255 e. The summed E-state index contributed by atoms with van der Waals surface area (Å²) < 4.78 is 37.0. The number of pyridine rings is 1. The molecule has 2 heterocycles. The first-order chi connectivity index (χ1) is 10.5. The van der Waals surface area contributed by atoms with Crippen LogP contribution in [0.15, 0.2) is 48.8 Å². The van der Waals surface area contributed by atoms with Gasteiger partial charge in [0.1, 0.15) is 0 Å². The van der Waals surface area contributed by atoms with Gasteiger partial charge in [-0.05, 0) is 24.6 Å². The lowest BCUT2D eigenvalue weighted by atomic mass is 10.1. The van der Waals surface area contributed by atoms with Crippen molar-refractivity contribution in [2.24, 2.45) is 0 Å². The molecule has 0 N–H and O–H groups in total. The van der Waals surface area contributed by atoms with E-state index in [1.165, 1.54) is 12.3 Å². The fourth-order valence-corrected chi connectivity index (χ4v) is 2.22. The number of nitrogens with zero attached hydrogens (tertiary/aromatic N) is 3. The van der Waals surface area contributed by atoms with Crippen LogP contribution in [0.3, 0.4) is 0 Å². The molecule has 0 bridgehead atoms. The second-order valence-electron chi connectivity index (χ2n) is 4.87. The van der Waals surface area contributed by atoms with E-state index in [1.807, 2.05) is 30.3 Å². The quantitative estimate of drug-likeness (QED) is 0.728. The lowest BCUT2D eigenvalue weighted by Gasteiger charge is -2.08. The molecule has 0 unspecified atom stereocenters. The van der Waals surface area contributed by atoms with E-state index in [-0.39, 0.29) is 6.42 Å². The Morgan fingerprint density at radius 3 is 2.55 bits per heavy atom. The van der Waals surface area contributed by atoms with Gasteiger partial charge in [-0.25, -0.2) is 9.97 Å². The number of rotatable bonds is 3. The zero-order chi connectivity index (χ0) is 15.6. The van der Waals surface area contributed by atoms with Crippen molar-refractivity contribution in [1.29, 1.82) is 0 Å². The molecule has 3 nitrogen and oxygen atoms in total. The SMILES string of the molecule is FC(F)(F)CCc1ccnc(-c2cccc3cccnc23)n1. The van der Waals surface area contributed by atoms with Crippen molar-refractivity contribution in [1.82, 2.24) is 15.0 Å². The van der Waals surface area contributed by atoms with Crippen molar-refractivity contribution in [3.63, 3.8) is 0 Å². The van der Waals surface area contributed by atoms with Gasteiger partial charge in [-0.1, -0.05) is 18.2 Å². The highest BCUT2D eigenvalue weighted by Gasteiger charge is 2.26. The number of aryl methyl sites for hydroxylation is 1. The number of halogens is 3. The lowest BCUT2D eigenvalue weighted by molar-refractivity contribution is -0.134. The summed E-state index contributed by atoms with van der Waals surface area (Å²) in [5.41, 5.74) is 1.82. The number of fused-ring (bicyclic) bond motifs is 1. The molecule has 0 saturated carbocycles. The predicted octanol–water partition coefficient (Wildman–Crippen LogP) is 4.19. The lowest BCUT2D eigenvalue weighted by Crippen LogP contribution is -2.09. The van der Waals surface area contributed by atoms with Crippen LogP contribution >= 0.6 is 0 Å². The molecule has 1 aromatic carbocycles. The highest BCUT2D eigenvalue weighted by atomic mass is 19.4. The number of alkyl halides is 3. The number of benzene rings is 1. The summed E-state index contributed by atoms with van der Waals surface area (Å²) in [6.45, 7) is 0. The van der Waals surface area contributed by atoms with Crippen LogP contribution in [0.1, 0.15) is 12.1 Å². The van der Waals surface area contributed by atoms with E-state index in [2.05, 4.69) is 15.0 Å². The standard InChI is InChI=1S/C16H12F3N3/c17-16(18,19)8-6-12-7-10-21-15(22-12)13-5-1-3-11-4-2-9-20-14(11)13/h1-5,7,9-10H,6,8H2. The van der Waals surface area contributed by atoms with Crippen LogP contribution < -0.4 is 0 Å². The van der Waals surface area contributed by atoms with Crippen LogP contribution in [0.4, 0.5) is 13.2 Å². The van der Waals surface area contributed by atoms with Gasteiger partial charge in [0.15, 0.2) is 5.82 Å². The Kier molecular flexibility index (Phi) is 3.75. The van der Waals surface area contributed by atoms with Gasteiger partial charge in [-0.3, -0.25) is 4.98 Å². The molecule has 0 spiro atoms. The summed E-state index contributed by atoms with van der Waals surface area (Å²) in [5.74, 6) is 0.393. The average Bonchev–Trinajstić information content (AvgIpc) is 2.52. The van der Waals surface area contributed by atoms with Crippen molar-refractivity contribution in [3.8, 4) is 11.4 Å². The molecule has 3 aromatic rings. The van der Waals surface area contributed by atoms with Gasteiger partial charge in [0.25, 0.3) is 0 Å². The maximum absolute atomic E-state index is 12.3. The smallest absolute Gasteiger partial charge is 0.255 e. The Labute approximate surface area is 124 Å². The monoisotopic (exact) mass is 303 g/mol. The molecule has 6 heteroatoms. The van der Waals surface area contributed by atoms with Crippen LogP contribution in [-0.2, 0) is 6.42 Å². The van der Waals surface area contributed by atoms with Crippen molar-refractivity contribution >= 4 is 10.9 Å². The Morgan fingerprint density at radius 2 is 1.73 bits per heavy atom. The molecule has 112 valence electrons. The topological polar surface area (TPSA) is 38.7 Å². The molecule has 0 aliphatic carbocycles. The third kappa shape index (κ3) is 3.21. The van der Waals surface area contributed by atoms with Crippen LogP contribution in [0.2, 0.25) is 0 Å². The molecule has 0 amide bonds. The van der Waals surface area contributed by atoms with E-state index in [0.29, 0.717) is 17.1 Å². The molecule has 2 aromatic heterocycles. The number of para-hydroxylation sites is 1. The molecule has 0 aliphatic heterocycles. The van der Waals surface area contributed by atoms with Gasteiger partial charge in [0.2, 0.25) is 0 Å². The Hall–Kier alpha value is -2.50. The van der Waals surface area contributed by atoms with Gasteiger partial charge in [0, 0.05) is 35.5 Å². The van der Waals surface area contributed by atoms with Crippen molar-refractivity contribution in [2.75, 3.05) is 0 Å². The summed E-state index contributed by atoms with van der Waals surface area (Å²) >= 11 is 0. The number of hydrogen-bond donors (Lipinski definition) is 0. The van der Waals surface area contributed by atoms with Gasteiger partial charge < -0.3 is 0 Å².